The maximum absolute atomic E-state index is 12.5. The van der Waals surface area contributed by atoms with Gasteiger partial charge in [-0.1, -0.05) is 13.8 Å². The zero-order chi connectivity index (χ0) is 15.9. The van der Waals surface area contributed by atoms with Gasteiger partial charge in [0.1, 0.15) is 0 Å². The van der Waals surface area contributed by atoms with Gasteiger partial charge in [-0.05, 0) is 43.5 Å². The summed E-state index contributed by atoms with van der Waals surface area (Å²) in [7, 11) is 0. The standard InChI is InChI=1S/C18H24N2O2/c1-11(2)10-22-15-8-20(9-15)18(21)14-5-6-17-16(7-14)12(3)13(4)19-17/h5-7,11,15,19H,8-10H2,1-4H3. The minimum Gasteiger partial charge on any atom is -0.374 e. The van der Waals surface area contributed by atoms with Crippen molar-refractivity contribution >= 4 is 16.8 Å². The van der Waals surface area contributed by atoms with Crippen LogP contribution in [-0.4, -0.2) is 41.6 Å². The summed E-state index contributed by atoms with van der Waals surface area (Å²) >= 11 is 0. The van der Waals surface area contributed by atoms with E-state index in [0.717, 1.165) is 28.8 Å². The SMILES string of the molecule is Cc1[nH]c2ccc(C(=O)N3CC(OCC(C)C)C3)cc2c1C. The van der Waals surface area contributed by atoms with Crippen LogP contribution in [0.3, 0.4) is 0 Å². The lowest BCUT2D eigenvalue weighted by Crippen LogP contribution is -2.55. The highest BCUT2D eigenvalue weighted by atomic mass is 16.5. The first-order valence-corrected chi connectivity index (χ1v) is 7.95. The molecule has 2 heterocycles. The second-order valence-corrected chi connectivity index (χ2v) is 6.69. The quantitative estimate of drug-likeness (QED) is 0.942. The predicted molar refractivity (Wildman–Crippen MR) is 88.3 cm³/mol. The number of aryl methyl sites for hydroxylation is 2. The van der Waals surface area contributed by atoms with Gasteiger partial charge in [-0.15, -0.1) is 0 Å². The third-order valence-electron chi connectivity index (χ3n) is 4.36. The van der Waals surface area contributed by atoms with Crippen molar-refractivity contribution in [2.45, 2.75) is 33.8 Å². The molecule has 0 atom stereocenters. The molecule has 0 spiro atoms. The van der Waals surface area contributed by atoms with Crippen molar-refractivity contribution in [3.8, 4) is 0 Å². The molecule has 3 rings (SSSR count). The van der Waals surface area contributed by atoms with Gasteiger partial charge in [-0.25, -0.2) is 0 Å². The third kappa shape index (κ3) is 2.75. The average molecular weight is 300 g/mol. The molecule has 4 nitrogen and oxygen atoms in total. The fourth-order valence-electron chi connectivity index (χ4n) is 2.81. The zero-order valence-corrected chi connectivity index (χ0v) is 13.8. The molecule has 118 valence electrons. The summed E-state index contributed by atoms with van der Waals surface area (Å²) in [6.07, 6.45) is 0.200. The van der Waals surface area contributed by atoms with Crippen molar-refractivity contribution in [3.05, 3.63) is 35.0 Å². The fraction of sp³-hybridized carbons (Fsp3) is 0.500. The Bertz CT molecular complexity index is 696. The minimum absolute atomic E-state index is 0.101. The van der Waals surface area contributed by atoms with E-state index in [0.29, 0.717) is 19.0 Å². The van der Waals surface area contributed by atoms with Crippen LogP contribution in [0.15, 0.2) is 18.2 Å². The Morgan fingerprint density at radius 2 is 2.09 bits per heavy atom. The molecule has 0 aliphatic carbocycles. The van der Waals surface area contributed by atoms with Crippen LogP contribution in [0.25, 0.3) is 10.9 Å². The monoisotopic (exact) mass is 300 g/mol. The Balaban J connectivity index is 1.67. The van der Waals surface area contributed by atoms with Gasteiger partial charge in [0.2, 0.25) is 0 Å². The number of aromatic nitrogens is 1. The number of amides is 1. The van der Waals surface area contributed by atoms with Crippen molar-refractivity contribution in [2.75, 3.05) is 19.7 Å². The van der Waals surface area contributed by atoms with Crippen molar-refractivity contribution in [2.24, 2.45) is 5.92 Å². The number of hydrogen-bond acceptors (Lipinski definition) is 2. The molecule has 1 fully saturated rings. The number of rotatable bonds is 4. The maximum atomic E-state index is 12.5. The van der Waals surface area contributed by atoms with Crippen molar-refractivity contribution in [3.63, 3.8) is 0 Å². The zero-order valence-electron chi connectivity index (χ0n) is 13.8. The number of carbonyl (C=O) groups is 1. The van der Waals surface area contributed by atoms with E-state index in [4.69, 9.17) is 4.74 Å². The molecule has 0 radical (unpaired) electrons. The minimum atomic E-state index is 0.101. The predicted octanol–water partition coefficient (Wildman–Crippen LogP) is 3.28. The van der Waals surface area contributed by atoms with Gasteiger partial charge >= 0.3 is 0 Å². The molecule has 1 aromatic heterocycles. The molecule has 1 saturated heterocycles. The van der Waals surface area contributed by atoms with Gasteiger partial charge < -0.3 is 14.6 Å². The summed E-state index contributed by atoms with van der Waals surface area (Å²) in [6.45, 7) is 10.6. The van der Waals surface area contributed by atoms with Crippen LogP contribution in [0.4, 0.5) is 0 Å². The number of aromatic amines is 1. The van der Waals surface area contributed by atoms with E-state index < -0.39 is 0 Å². The summed E-state index contributed by atoms with van der Waals surface area (Å²) in [5.41, 5.74) is 4.22. The third-order valence-corrected chi connectivity index (χ3v) is 4.36. The molecule has 0 unspecified atom stereocenters. The highest BCUT2D eigenvalue weighted by Crippen LogP contribution is 2.24. The normalized spacial score (nSPS) is 15.6. The Hall–Kier alpha value is -1.81. The first-order valence-electron chi connectivity index (χ1n) is 7.95. The largest absolute Gasteiger partial charge is 0.374 e. The molecule has 1 N–H and O–H groups in total. The lowest BCUT2D eigenvalue weighted by molar-refractivity contribution is -0.0505. The molecule has 1 amide bonds. The second-order valence-electron chi connectivity index (χ2n) is 6.69. The molecule has 22 heavy (non-hydrogen) atoms. The van der Waals surface area contributed by atoms with E-state index in [-0.39, 0.29) is 12.0 Å². The number of benzene rings is 1. The molecule has 1 aliphatic rings. The van der Waals surface area contributed by atoms with E-state index in [1.807, 2.05) is 23.1 Å². The Morgan fingerprint density at radius 3 is 2.77 bits per heavy atom. The van der Waals surface area contributed by atoms with Gasteiger partial charge in [-0.2, -0.15) is 0 Å². The van der Waals surface area contributed by atoms with Crippen LogP contribution in [0, 0.1) is 19.8 Å². The molecule has 4 heteroatoms. The molecular weight excluding hydrogens is 276 g/mol. The molecule has 1 aromatic carbocycles. The molecule has 0 bridgehead atoms. The number of hydrogen-bond donors (Lipinski definition) is 1. The number of likely N-dealkylation sites (tertiary alicyclic amines) is 1. The lowest BCUT2D eigenvalue weighted by Gasteiger charge is -2.39. The van der Waals surface area contributed by atoms with Crippen LogP contribution in [0.1, 0.15) is 35.5 Å². The summed E-state index contributed by atoms with van der Waals surface area (Å²) < 4.78 is 5.75. The number of H-pyrrole nitrogens is 1. The van der Waals surface area contributed by atoms with Gasteiger partial charge in [0.15, 0.2) is 0 Å². The van der Waals surface area contributed by atoms with E-state index in [1.54, 1.807) is 0 Å². The number of fused-ring (bicyclic) bond motifs is 1. The van der Waals surface area contributed by atoms with Gasteiger partial charge in [0, 0.05) is 41.9 Å². The maximum Gasteiger partial charge on any atom is 0.254 e. The highest BCUT2D eigenvalue weighted by Gasteiger charge is 2.32. The van der Waals surface area contributed by atoms with E-state index >= 15 is 0 Å². The highest BCUT2D eigenvalue weighted by molar-refractivity contribution is 5.99. The van der Waals surface area contributed by atoms with Crippen LogP contribution < -0.4 is 0 Å². The number of nitrogens with one attached hydrogen (secondary N) is 1. The Labute approximate surface area is 131 Å². The Morgan fingerprint density at radius 1 is 1.36 bits per heavy atom. The summed E-state index contributed by atoms with van der Waals surface area (Å²) in [6, 6.07) is 5.90. The van der Waals surface area contributed by atoms with Crippen molar-refractivity contribution < 1.29 is 9.53 Å². The van der Waals surface area contributed by atoms with Crippen LogP contribution >= 0.6 is 0 Å². The van der Waals surface area contributed by atoms with E-state index in [1.165, 1.54) is 5.56 Å². The topological polar surface area (TPSA) is 45.3 Å². The van der Waals surface area contributed by atoms with Crippen LogP contribution in [0.5, 0.6) is 0 Å². The van der Waals surface area contributed by atoms with Gasteiger partial charge in [0.25, 0.3) is 5.91 Å². The Kier molecular flexibility index (Phi) is 3.96. The van der Waals surface area contributed by atoms with E-state index in [9.17, 15) is 4.79 Å². The first kappa shape index (κ1) is 15.1. The lowest BCUT2D eigenvalue weighted by atomic mass is 10.1. The molecule has 1 aliphatic heterocycles. The van der Waals surface area contributed by atoms with Gasteiger partial charge in [0.05, 0.1) is 6.10 Å². The van der Waals surface area contributed by atoms with Crippen LogP contribution in [0.2, 0.25) is 0 Å². The smallest absolute Gasteiger partial charge is 0.254 e. The molecular formula is C18H24N2O2. The van der Waals surface area contributed by atoms with Crippen molar-refractivity contribution in [1.29, 1.82) is 0 Å². The second kappa shape index (κ2) is 5.76. The summed E-state index contributed by atoms with van der Waals surface area (Å²) in [4.78, 5) is 17.7. The first-order chi connectivity index (χ1) is 10.5. The van der Waals surface area contributed by atoms with Gasteiger partial charge in [-0.3, -0.25) is 4.79 Å². The van der Waals surface area contributed by atoms with Crippen molar-refractivity contribution in [1.82, 2.24) is 9.88 Å². The molecule has 2 aromatic rings. The number of carbonyl (C=O) groups excluding carboxylic acids is 1. The average Bonchev–Trinajstić information content (AvgIpc) is 2.71. The number of nitrogens with zero attached hydrogens (tertiary/aromatic N) is 1. The summed E-state index contributed by atoms with van der Waals surface area (Å²) in [5, 5.41) is 1.14. The van der Waals surface area contributed by atoms with E-state index in [2.05, 4.69) is 32.7 Å². The fourth-order valence-corrected chi connectivity index (χ4v) is 2.81. The molecule has 0 saturated carbocycles. The number of ether oxygens (including phenoxy) is 1. The van der Waals surface area contributed by atoms with Crippen LogP contribution in [-0.2, 0) is 4.74 Å². The summed E-state index contributed by atoms with van der Waals surface area (Å²) in [5.74, 6) is 0.636.